The van der Waals surface area contributed by atoms with Crippen LogP contribution in [0.25, 0.3) is 0 Å². The summed E-state index contributed by atoms with van der Waals surface area (Å²) in [6.45, 7) is 4.69. The number of likely N-dealkylation sites (tertiary alicyclic amines) is 1. The molecule has 2 amide bonds. The molecule has 19 heavy (non-hydrogen) atoms. The molecular weight excluding hydrogens is 244 g/mol. The number of hydrogen-bond donors (Lipinski definition) is 2. The Bertz CT molecular complexity index is 493. The highest BCUT2D eigenvalue weighted by Crippen LogP contribution is 2.25. The average molecular weight is 262 g/mol. The van der Waals surface area contributed by atoms with Crippen molar-refractivity contribution >= 4 is 17.7 Å². The van der Waals surface area contributed by atoms with Crippen LogP contribution in [0.3, 0.4) is 0 Å². The van der Waals surface area contributed by atoms with Gasteiger partial charge in [0.15, 0.2) is 0 Å². The van der Waals surface area contributed by atoms with E-state index in [1.54, 1.807) is 0 Å². The highest BCUT2D eigenvalue weighted by atomic mass is 16.4. The molecule has 1 aromatic carbocycles. The Morgan fingerprint density at radius 3 is 2.53 bits per heavy atom. The summed E-state index contributed by atoms with van der Waals surface area (Å²) in [5.41, 5.74) is 1.87. The van der Waals surface area contributed by atoms with E-state index in [2.05, 4.69) is 19.2 Å². The molecule has 1 saturated heterocycles. The molecule has 0 bridgehead atoms. The van der Waals surface area contributed by atoms with Crippen LogP contribution < -0.4 is 5.32 Å². The smallest absolute Gasteiger partial charge is 0.321 e. The molecule has 0 atom stereocenters. The predicted octanol–water partition coefficient (Wildman–Crippen LogP) is 2.36. The van der Waals surface area contributed by atoms with Crippen molar-refractivity contribution < 1.29 is 14.7 Å². The van der Waals surface area contributed by atoms with Crippen molar-refractivity contribution in [3.05, 3.63) is 29.8 Å². The van der Waals surface area contributed by atoms with Crippen LogP contribution in [0.1, 0.15) is 25.3 Å². The summed E-state index contributed by atoms with van der Waals surface area (Å²) in [6, 6.07) is 7.43. The van der Waals surface area contributed by atoms with E-state index in [0.29, 0.717) is 5.92 Å². The molecular formula is C14H18N2O3. The maximum atomic E-state index is 12.0. The number of anilines is 1. The van der Waals surface area contributed by atoms with Crippen LogP contribution >= 0.6 is 0 Å². The predicted molar refractivity (Wildman–Crippen MR) is 72.2 cm³/mol. The molecule has 0 saturated carbocycles. The van der Waals surface area contributed by atoms with Gasteiger partial charge in [-0.1, -0.05) is 32.0 Å². The average Bonchev–Trinajstić information content (AvgIpc) is 2.26. The van der Waals surface area contributed by atoms with Crippen LogP contribution in [0.4, 0.5) is 10.5 Å². The van der Waals surface area contributed by atoms with E-state index in [0.717, 1.165) is 11.3 Å². The van der Waals surface area contributed by atoms with Crippen molar-refractivity contribution in [1.29, 1.82) is 0 Å². The molecule has 2 rings (SSSR count). The number of hydrogen-bond acceptors (Lipinski definition) is 2. The second kappa shape index (κ2) is 5.30. The molecule has 1 aliphatic rings. The van der Waals surface area contributed by atoms with E-state index in [1.807, 2.05) is 24.3 Å². The van der Waals surface area contributed by atoms with Gasteiger partial charge in [0.05, 0.1) is 5.92 Å². The van der Waals surface area contributed by atoms with Crippen molar-refractivity contribution in [1.82, 2.24) is 4.90 Å². The van der Waals surface area contributed by atoms with Crippen LogP contribution in [0.15, 0.2) is 24.3 Å². The van der Waals surface area contributed by atoms with Crippen molar-refractivity contribution in [3.8, 4) is 0 Å². The van der Waals surface area contributed by atoms with Crippen molar-refractivity contribution in [3.63, 3.8) is 0 Å². The topological polar surface area (TPSA) is 69.6 Å². The lowest BCUT2D eigenvalue weighted by molar-refractivity contribution is -0.145. The van der Waals surface area contributed by atoms with Gasteiger partial charge in [-0.15, -0.1) is 0 Å². The number of para-hydroxylation sites is 1. The zero-order chi connectivity index (χ0) is 14.0. The minimum atomic E-state index is -0.841. The Morgan fingerprint density at radius 1 is 1.32 bits per heavy atom. The van der Waals surface area contributed by atoms with Gasteiger partial charge in [-0.05, 0) is 17.5 Å². The Balaban J connectivity index is 1.99. The number of carboxylic acid groups (broad SMARTS) is 1. The van der Waals surface area contributed by atoms with Gasteiger partial charge in [0, 0.05) is 18.8 Å². The number of benzene rings is 1. The van der Waals surface area contributed by atoms with E-state index >= 15 is 0 Å². The van der Waals surface area contributed by atoms with Crippen LogP contribution in [0.5, 0.6) is 0 Å². The molecule has 5 heteroatoms. The van der Waals surface area contributed by atoms with Gasteiger partial charge in [-0.2, -0.15) is 0 Å². The van der Waals surface area contributed by atoms with Crippen molar-refractivity contribution in [2.75, 3.05) is 18.4 Å². The number of aliphatic carboxylic acids is 1. The second-order valence-electron chi connectivity index (χ2n) is 5.11. The number of rotatable bonds is 3. The third-order valence-electron chi connectivity index (χ3n) is 3.34. The Hall–Kier alpha value is -2.04. The molecule has 2 N–H and O–H groups in total. The van der Waals surface area contributed by atoms with Gasteiger partial charge in [0.25, 0.3) is 0 Å². The number of nitrogens with one attached hydrogen (secondary N) is 1. The molecule has 0 aliphatic carbocycles. The van der Waals surface area contributed by atoms with Crippen LogP contribution in [-0.4, -0.2) is 35.1 Å². The minimum Gasteiger partial charge on any atom is -0.481 e. The normalized spacial score (nSPS) is 15.2. The number of carboxylic acids is 1. The minimum absolute atomic E-state index is 0.231. The first-order valence-electron chi connectivity index (χ1n) is 6.36. The molecule has 0 spiro atoms. The van der Waals surface area contributed by atoms with Crippen molar-refractivity contribution in [2.24, 2.45) is 5.92 Å². The van der Waals surface area contributed by atoms with Crippen LogP contribution in [0, 0.1) is 5.92 Å². The SMILES string of the molecule is CC(C)c1ccccc1NC(=O)N1CC(C(=O)O)C1. The zero-order valence-electron chi connectivity index (χ0n) is 11.1. The lowest BCUT2D eigenvalue weighted by Gasteiger charge is -2.36. The molecule has 102 valence electrons. The number of carbonyl (C=O) groups is 2. The Morgan fingerprint density at radius 2 is 1.95 bits per heavy atom. The van der Waals surface area contributed by atoms with E-state index in [9.17, 15) is 9.59 Å². The standard InChI is InChI=1S/C14H18N2O3/c1-9(2)11-5-3-4-6-12(11)15-14(19)16-7-10(8-16)13(17)18/h3-6,9-10H,7-8H2,1-2H3,(H,15,19)(H,17,18). The fourth-order valence-electron chi connectivity index (χ4n) is 2.11. The van der Waals surface area contributed by atoms with Gasteiger partial charge >= 0.3 is 12.0 Å². The molecule has 1 aromatic rings. The molecule has 0 aromatic heterocycles. The summed E-state index contributed by atoms with van der Waals surface area (Å²) >= 11 is 0. The monoisotopic (exact) mass is 262 g/mol. The van der Waals surface area contributed by atoms with Gasteiger partial charge in [0.1, 0.15) is 0 Å². The van der Waals surface area contributed by atoms with Crippen LogP contribution in [-0.2, 0) is 4.79 Å². The molecule has 0 unspecified atom stereocenters. The molecule has 1 heterocycles. The summed E-state index contributed by atoms with van der Waals surface area (Å²) in [5.74, 6) is -0.947. The van der Waals surface area contributed by atoms with E-state index in [4.69, 9.17) is 5.11 Å². The third kappa shape index (κ3) is 2.86. The van der Waals surface area contributed by atoms with Crippen LogP contribution in [0.2, 0.25) is 0 Å². The molecule has 1 fully saturated rings. The fraction of sp³-hybridized carbons (Fsp3) is 0.429. The lowest BCUT2D eigenvalue weighted by Crippen LogP contribution is -2.54. The summed E-state index contributed by atoms with van der Waals surface area (Å²) in [6.07, 6.45) is 0. The van der Waals surface area contributed by atoms with E-state index < -0.39 is 11.9 Å². The first-order chi connectivity index (χ1) is 8.99. The Kier molecular flexibility index (Phi) is 3.74. The van der Waals surface area contributed by atoms with Gasteiger partial charge in [-0.3, -0.25) is 4.79 Å². The summed E-state index contributed by atoms with van der Waals surface area (Å²) < 4.78 is 0. The maximum absolute atomic E-state index is 12.0. The Labute approximate surface area is 112 Å². The van der Waals surface area contributed by atoms with Gasteiger partial charge < -0.3 is 15.3 Å². The number of urea groups is 1. The fourth-order valence-corrected chi connectivity index (χ4v) is 2.11. The third-order valence-corrected chi connectivity index (χ3v) is 3.34. The number of carbonyl (C=O) groups excluding carboxylic acids is 1. The summed E-state index contributed by atoms with van der Waals surface area (Å²) in [4.78, 5) is 24.2. The summed E-state index contributed by atoms with van der Waals surface area (Å²) in [5, 5.41) is 11.6. The van der Waals surface area contributed by atoms with E-state index in [1.165, 1.54) is 4.90 Å². The maximum Gasteiger partial charge on any atom is 0.321 e. The first-order valence-corrected chi connectivity index (χ1v) is 6.36. The van der Waals surface area contributed by atoms with Gasteiger partial charge in [0.2, 0.25) is 0 Å². The highest BCUT2D eigenvalue weighted by molar-refractivity contribution is 5.91. The van der Waals surface area contributed by atoms with Gasteiger partial charge in [-0.25, -0.2) is 4.79 Å². The highest BCUT2D eigenvalue weighted by Gasteiger charge is 2.35. The molecule has 0 radical (unpaired) electrons. The number of amides is 2. The summed E-state index contributed by atoms with van der Waals surface area (Å²) in [7, 11) is 0. The largest absolute Gasteiger partial charge is 0.481 e. The quantitative estimate of drug-likeness (QED) is 0.878. The van der Waals surface area contributed by atoms with Crippen molar-refractivity contribution in [2.45, 2.75) is 19.8 Å². The van der Waals surface area contributed by atoms with E-state index in [-0.39, 0.29) is 19.1 Å². The zero-order valence-corrected chi connectivity index (χ0v) is 11.1. The molecule has 1 aliphatic heterocycles. The molecule has 5 nitrogen and oxygen atoms in total. The second-order valence-corrected chi connectivity index (χ2v) is 5.11. The first kappa shape index (κ1) is 13.4. The lowest BCUT2D eigenvalue weighted by atomic mass is 10.0. The number of nitrogens with zero attached hydrogens (tertiary/aromatic N) is 1.